The molecule has 0 saturated heterocycles. The molecular weight excluding hydrogens is 346 g/mol. The van der Waals surface area contributed by atoms with Gasteiger partial charge in [0.1, 0.15) is 11.3 Å². The summed E-state index contributed by atoms with van der Waals surface area (Å²) in [6, 6.07) is 11.4. The molecule has 0 atom stereocenters. The van der Waals surface area contributed by atoms with Gasteiger partial charge < -0.3 is 9.84 Å². The monoisotopic (exact) mass is 356 g/mol. The van der Waals surface area contributed by atoms with Crippen molar-refractivity contribution in [3.05, 3.63) is 64.1 Å². The Bertz CT molecular complexity index is 645. The lowest BCUT2D eigenvalue weighted by Gasteiger charge is -2.18. The van der Waals surface area contributed by atoms with Gasteiger partial charge in [0.2, 0.25) is 0 Å². The molecule has 0 aliphatic rings. The second-order valence-corrected chi connectivity index (χ2v) is 5.22. The van der Waals surface area contributed by atoms with Crippen LogP contribution in [0.3, 0.4) is 0 Å². The van der Waals surface area contributed by atoms with Crippen molar-refractivity contribution in [2.24, 2.45) is 0 Å². The Morgan fingerprint density at radius 1 is 1.19 bits per heavy atom. The van der Waals surface area contributed by atoms with E-state index in [-0.39, 0.29) is 16.9 Å². The van der Waals surface area contributed by atoms with Crippen LogP contribution in [0.15, 0.2) is 53.0 Å². The number of carboxylic acids is 1. The van der Waals surface area contributed by atoms with E-state index in [1.54, 1.807) is 6.07 Å². The minimum absolute atomic E-state index is 0.0960. The lowest BCUT2D eigenvalue weighted by molar-refractivity contribution is -0.0469. The molecule has 21 heavy (non-hydrogen) atoms. The molecule has 0 aromatic heterocycles. The number of hydrogen-bond acceptors (Lipinski definition) is 2. The second kappa shape index (κ2) is 6.22. The van der Waals surface area contributed by atoms with Gasteiger partial charge in [-0.1, -0.05) is 46.3 Å². The third-order valence-electron chi connectivity index (χ3n) is 2.78. The standard InChI is InChI=1S/C15H11BrF2O3/c16-11-6-7-13(12(8-11)14(19)20)21-9-15(17,18)10-4-2-1-3-5-10/h1-8H,9H2,(H,19,20). The predicted molar refractivity (Wildman–Crippen MR) is 76.9 cm³/mol. The highest BCUT2D eigenvalue weighted by Crippen LogP contribution is 2.30. The molecule has 0 saturated carbocycles. The molecule has 0 spiro atoms. The summed E-state index contributed by atoms with van der Waals surface area (Å²) in [6.45, 7) is -0.932. The van der Waals surface area contributed by atoms with Crippen molar-refractivity contribution in [1.82, 2.24) is 0 Å². The van der Waals surface area contributed by atoms with E-state index in [0.29, 0.717) is 4.47 Å². The number of ether oxygens (including phenoxy) is 1. The SMILES string of the molecule is O=C(O)c1cc(Br)ccc1OCC(F)(F)c1ccccc1. The van der Waals surface area contributed by atoms with Crippen LogP contribution >= 0.6 is 15.9 Å². The van der Waals surface area contributed by atoms with Crippen molar-refractivity contribution in [2.75, 3.05) is 6.61 Å². The summed E-state index contributed by atoms with van der Waals surface area (Å²) in [7, 11) is 0. The van der Waals surface area contributed by atoms with E-state index < -0.39 is 18.5 Å². The first-order chi connectivity index (χ1) is 9.90. The van der Waals surface area contributed by atoms with Crippen molar-refractivity contribution < 1.29 is 23.4 Å². The van der Waals surface area contributed by atoms with Crippen LogP contribution in [-0.4, -0.2) is 17.7 Å². The molecule has 0 bridgehead atoms. The van der Waals surface area contributed by atoms with E-state index in [1.807, 2.05) is 0 Å². The number of alkyl halides is 2. The highest BCUT2D eigenvalue weighted by Gasteiger charge is 2.33. The summed E-state index contributed by atoms with van der Waals surface area (Å²) >= 11 is 3.12. The third kappa shape index (κ3) is 3.78. The van der Waals surface area contributed by atoms with E-state index in [2.05, 4.69) is 15.9 Å². The molecule has 6 heteroatoms. The molecule has 2 aromatic carbocycles. The van der Waals surface area contributed by atoms with Crippen LogP contribution in [0.2, 0.25) is 0 Å². The van der Waals surface area contributed by atoms with Crippen molar-refractivity contribution in [2.45, 2.75) is 5.92 Å². The van der Waals surface area contributed by atoms with Crippen LogP contribution in [-0.2, 0) is 5.92 Å². The molecule has 0 aliphatic carbocycles. The molecule has 1 N–H and O–H groups in total. The zero-order valence-electron chi connectivity index (χ0n) is 10.7. The normalized spacial score (nSPS) is 11.2. The Morgan fingerprint density at radius 2 is 1.86 bits per heavy atom. The van der Waals surface area contributed by atoms with E-state index in [0.717, 1.165) is 0 Å². The molecule has 0 aliphatic heterocycles. The molecule has 0 radical (unpaired) electrons. The maximum Gasteiger partial charge on any atom is 0.339 e. The molecule has 3 nitrogen and oxygen atoms in total. The molecular formula is C15H11BrF2O3. The van der Waals surface area contributed by atoms with Crippen LogP contribution in [0.4, 0.5) is 8.78 Å². The largest absolute Gasteiger partial charge is 0.486 e. The maximum absolute atomic E-state index is 14.0. The van der Waals surface area contributed by atoms with E-state index in [1.165, 1.54) is 42.5 Å². The van der Waals surface area contributed by atoms with Crippen LogP contribution in [0.25, 0.3) is 0 Å². The van der Waals surface area contributed by atoms with Gasteiger partial charge in [-0.3, -0.25) is 0 Å². The Labute approximate surface area is 128 Å². The van der Waals surface area contributed by atoms with Crippen molar-refractivity contribution >= 4 is 21.9 Å². The lowest BCUT2D eigenvalue weighted by atomic mass is 10.1. The number of hydrogen-bond donors (Lipinski definition) is 1. The molecule has 110 valence electrons. The fourth-order valence-corrected chi connectivity index (χ4v) is 2.09. The minimum Gasteiger partial charge on any atom is -0.486 e. The van der Waals surface area contributed by atoms with Gasteiger partial charge in [-0.05, 0) is 18.2 Å². The second-order valence-electron chi connectivity index (χ2n) is 4.30. The molecule has 2 rings (SSSR count). The first-order valence-electron chi connectivity index (χ1n) is 5.99. The van der Waals surface area contributed by atoms with Crippen LogP contribution < -0.4 is 4.74 Å². The summed E-state index contributed by atoms with van der Waals surface area (Å²) in [6.07, 6.45) is 0. The Balaban J connectivity index is 2.18. The average Bonchev–Trinajstić information content (AvgIpc) is 2.47. The molecule has 2 aromatic rings. The summed E-state index contributed by atoms with van der Waals surface area (Å²) in [5.74, 6) is -4.54. The Kier molecular flexibility index (Phi) is 4.57. The Hall–Kier alpha value is -1.95. The predicted octanol–water partition coefficient (Wildman–Crippen LogP) is 4.32. The smallest absolute Gasteiger partial charge is 0.339 e. The van der Waals surface area contributed by atoms with Gasteiger partial charge in [0.05, 0.1) is 0 Å². The van der Waals surface area contributed by atoms with Gasteiger partial charge in [0.15, 0.2) is 6.61 Å². The zero-order valence-corrected chi connectivity index (χ0v) is 12.3. The quantitative estimate of drug-likeness (QED) is 0.867. The summed E-state index contributed by atoms with van der Waals surface area (Å²) in [5, 5.41) is 9.05. The summed E-state index contributed by atoms with van der Waals surface area (Å²) < 4.78 is 33.5. The fourth-order valence-electron chi connectivity index (χ4n) is 1.73. The van der Waals surface area contributed by atoms with Crippen LogP contribution in [0.5, 0.6) is 5.75 Å². The van der Waals surface area contributed by atoms with Gasteiger partial charge in [-0.25, -0.2) is 4.79 Å². The van der Waals surface area contributed by atoms with Gasteiger partial charge >= 0.3 is 11.9 Å². The molecule has 0 unspecified atom stereocenters. The Morgan fingerprint density at radius 3 is 2.48 bits per heavy atom. The molecule has 0 fully saturated rings. The van der Waals surface area contributed by atoms with Crippen molar-refractivity contribution in [3.8, 4) is 5.75 Å². The van der Waals surface area contributed by atoms with Gasteiger partial charge in [-0.2, -0.15) is 8.78 Å². The first kappa shape index (κ1) is 15.4. The van der Waals surface area contributed by atoms with Gasteiger partial charge in [0, 0.05) is 10.0 Å². The lowest BCUT2D eigenvalue weighted by Crippen LogP contribution is -2.23. The number of rotatable bonds is 5. The summed E-state index contributed by atoms with van der Waals surface area (Å²) in [5.41, 5.74) is -0.354. The van der Waals surface area contributed by atoms with E-state index >= 15 is 0 Å². The minimum atomic E-state index is -3.20. The maximum atomic E-state index is 14.0. The summed E-state index contributed by atoms with van der Waals surface area (Å²) in [4.78, 5) is 11.1. The fraction of sp³-hybridized carbons (Fsp3) is 0.133. The van der Waals surface area contributed by atoms with Gasteiger partial charge in [0.25, 0.3) is 0 Å². The number of halogens is 3. The third-order valence-corrected chi connectivity index (χ3v) is 3.27. The zero-order chi connectivity index (χ0) is 15.5. The van der Waals surface area contributed by atoms with Crippen LogP contribution in [0, 0.1) is 0 Å². The molecule has 0 heterocycles. The van der Waals surface area contributed by atoms with E-state index in [9.17, 15) is 13.6 Å². The number of carbonyl (C=O) groups is 1. The average molecular weight is 357 g/mol. The number of aromatic carboxylic acids is 1. The van der Waals surface area contributed by atoms with E-state index in [4.69, 9.17) is 9.84 Å². The topological polar surface area (TPSA) is 46.5 Å². The van der Waals surface area contributed by atoms with Crippen molar-refractivity contribution in [3.63, 3.8) is 0 Å². The van der Waals surface area contributed by atoms with Crippen LogP contribution in [0.1, 0.15) is 15.9 Å². The highest BCUT2D eigenvalue weighted by molar-refractivity contribution is 9.10. The van der Waals surface area contributed by atoms with Gasteiger partial charge in [-0.15, -0.1) is 0 Å². The highest BCUT2D eigenvalue weighted by atomic mass is 79.9. The number of benzene rings is 2. The van der Waals surface area contributed by atoms with Crippen molar-refractivity contribution in [1.29, 1.82) is 0 Å². The molecule has 0 amide bonds. The number of carboxylic acid groups (broad SMARTS) is 1. The first-order valence-corrected chi connectivity index (χ1v) is 6.78.